The maximum atomic E-state index is 13.2. The molecule has 0 amide bonds. The molecule has 0 radical (unpaired) electrons. The third kappa shape index (κ3) is 2.47. The van der Waals surface area contributed by atoms with Crippen LogP contribution in [0.15, 0.2) is 0 Å². The summed E-state index contributed by atoms with van der Waals surface area (Å²) in [6.07, 6.45) is 0.568. The van der Waals surface area contributed by atoms with Crippen molar-refractivity contribution in [3.8, 4) is 0 Å². The summed E-state index contributed by atoms with van der Waals surface area (Å²) in [7, 11) is 0. The second kappa shape index (κ2) is 4.17. The summed E-state index contributed by atoms with van der Waals surface area (Å²) >= 11 is 16.7. The molecule has 0 saturated carbocycles. The fourth-order valence-corrected chi connectivity index (χ4v) is 1.26. The molecule has 1 rings (SSSR count). The van der Waals surface area contributed by atoms with Crippen LogP contribution < -0.4 is 0 Å². The molecule has 0 bridgehead atoms. The number of aromatic nitrogens is 2. The Balaban J connectivity index is 3.30. The third-order valence-electron chi connectivity index (χ3n) is 1.78. The minimum absolute atomic E-state index is 0.123. The number of aryl methyl sites for hydroxylation is 1. The second-order valence-corrected chi connectivity index (χ2v) is 5.04. The Morgan fingerprint density at radius 3 is 2.29 bits per heavy atom. The molecule has 0 atom stereocenters. The molecule has 0 aliphatic rings. The quantitative estimate of drug-likeness (QED) is 0.570. The van der Waals surface area contributed by atoms with E-state index >= 15 is 0 Å². The van der Waals surface area contributed by atoms with Crippen molar-refractivity contribution in [1.29, 1.82) is 0 Å². The maximum absolute atomic E-state index is 13.2. The van der Waals surface area contributed by atoms with Crippen LogP contribution in [0.25, 0.3) is 0 Å². The van der Waals surface area contributed by atoms with Crippen molar-refractivity contribution >= 4 is 34.8 Å². The predicted molar refractivity (Wildman–Crippen MR) is 55.3 cm³/mol. The molecule has 0 unspecified atom stereocenters. The van der Waals surface area contributed by atoms with Gasteiger partial charge >= 0.3 is 0 Å². The van der Waals surface area contributed by atoms with E-state index in [0.29, 0.717) is 17.7 Å². The van der Waals surface area contributed by atoms with E-state index in [1.54, 1.807) is 6.92 Å². The molecule has 0 aliphatic carbocycles. The summed E-state index contributed by atoms with van der Waals surface area (Å²) in [6, 6.07) is 0. The van der Waals surface area contributed by atoms with E-state index in [-0.39, 0.29) is 5.82 Å². The average molecular weight is 258 g/mol. The number of halogens is 4. The van der Waals surface area contributed by atoms with Crippen LogP contribution in [0.4, 0.5) is 4.39 Å². The largest absolute Gasteiger partial charge is 0.250 e. The highest BCUT2D eigenvalue weighted by molar-refractivity contribution is 6.66. The minimum atomic E-state index is -1.78. The molecular formula is C8H8Cl3FN2. The van der Waals surface area contributed by atoms with E-state index < -0.39 is 9.74 Å². The fraction of sp³-hybridized carbons (Fsp3) is 0.500. The van der Waals surface area contributed by atoms with Crippen LogP contribution in [0.1, 0.15) is 24.0 Å². The third-order valence-corrected chi connectivity index (χ3v) is 2.28. The lowest BCUT2D eigenvalue weighted by atomic mass is 10.2. The highest BCUT2D eigenvalue weighted by atomic mass is 35.6. The number of nitrogens with zero attached hydrogens (tertiary/aromatic N) is 2. The van der Waals surface area contributed by atoms with Gasteiger partial charge in [-0.15, -0.1) is 0 Å². The lowest BCUT2D eigenvalue weighted by Crippen LogP contribution is -2.12. The van der Waals surface area contributed by atoms with Gasteiger partial charge in [0.15, 0.2) is 5.82 Å². The molecule has 0 saturated heterocycles. The summed E-state index contributed by atoms with van der Waals surface area (Å²) in [6.45, 7) is 3.44. The van der Waals surface area contributed by atoms with E-state index in [0.717, 1.165) is 0 Å². The van der Waals surface area contributed by atoms with Crippen molar-refractivity contribution in [1.82, 2.24) is 9.97 Å². The zero-order valence-electron chi connectivity index (χ0n) is 7.61. The molecule has 0 fully saturated rings. The topological polar surface area (TPSA) is 25.8 Å². The first-order valence-electron chi connectivity index (χ1n) is 3.96. The highest BCUT2D eigenvalue weighted by Gasteiger charge is 2.28. The number of alkyl halides is 3. The van der Waals surface area contributed by atoms with Crippen LogP contribution in [0.2, 0.25) is 0 Å². The van der Waals surface area contributed by atoms with Crippen molar-refractivity contribution in [2.24, 2.45) is 0 Å². The van der Waals surface area contributed by atoms with Crippen molar-refractivity contribution < 1.29 is 4.39 Å². The molecule has 1 heterocycles. The normalized spacial score (nSPS) is 11.9. The van der Waals surface area contributed by atoms with Crippen LogP contribution >= 0.6 is 34.8 Å². The molecular weight excluding hydrogens is 249 g/mol. The van der Waals surface area contributed by atoms with Gasteiger partial charge in [-0.25, -0.2) is 4.98 Å². The lowest BCUT2D eigenvalue weighted by molar-refractivity contribution is 0.556. The molecule has 1 aromatic rings. The van der Waals surface area contributed by atoms with Gasteiger partial charge in [-0.3, -0.25) is 0 Å². The van der Waals surface area contributed by atoms with E-state index in [1.807, 2.05) is 6.92 Å². The van der Waals surface area contributed by atoms with E-state index in [9.17, 15) is 4.39 Å². The Kier molecular flexibility index (Phi) is 3.56. The summed E-state index contributed by atoms with van der Waals surface area (Å²) in [5.41, 5.74) is 0.948. The minimum Gasteiger partial charge on any atom is -0.233 e. The Bertz CT molecular complexity index is 349. The fourth-order valence-electron chi connectivity index (χ4n) is 1.00. The molecule has 6 heteroatoms. The standard InChI is InChI=1S/C8H8Cl3FN2/c1-3-5-4(2)6(12)14-7(13-5)8(9,10)11/h3H2,1-2H3. The van der Waals surface area contributed by atoms with Crippen LogP contribution in [0.3, 0.4) is 0 Å². The first-order chi connectivity index (χ1) is 6.36. The molecule has 1 aromatic heterocycles. The summed E-state index contributed by atoms with van der Waals surface area (Å²) in [5, 5.41) is 0. The Morgan fingerprint density at radius 1 is 1.29 bits per heavy atom. The van der Waals surface area contributed by atoms with E-state index in [1.165, 1.54) is 0 Å². The first kappa shape index (κ1) is 12.0. The molecule has 0 aromatic carbocycles. The SMILES string of the molecule is CCc1nc(C(Cl)(Cl)Cl)nc(F)c1C. The van der Waals surface area contributed by atoms with Crippen molar-refractivity contribution in [2.75, 3.05) is 0 Å². The van der Waals surface area contributed by atoms with E-state index in [2.05, 4.69) is 9.97 Å². The van der Waals surface area contributed by atoms with Gasteiger partial charge in [0.1, 0.15) is 0 Å². The van der Waals surface area contributed by atoms with Gasteiger partial charge in [0.2, 0.25) is 9.74 Å². The van der Waals surface area contributed by atoms with Crippen LogP contribution in [0.5, 0.6) is 0 Å². The molecule has 0 aliphatic heterocycles. The summed E-state index contributed by atoms with van der Waals surface area (Å²) < 4.78 is 11.5. The van der Waals surface area contributed by atoms with Crippen molar-refractivity contribution in [3.63, 3.8) is 0 Å². The first-order valence-corrected chi connectivity index (χ1v) is 5.09. The predicted octanol–water partition coefficient (Wildman–Crippen LogP) is 3.31. The van der Waals surface area contributed by atoms with Gasteiger partial charge in [0, 0.05) is 11.3 Å². The van der Waals surface area contributed by atoms with Gasteiger partial charge in [-0.05, 0) is 13.3 Å². The van der Waals surface area contributed by atoms with Crippen molar-refractivity contribution in [2.45, 2.75) is 24.1 Å². The molecule has 0 N–H and O–H groups in total. The van der Waals surface area contributed by atoms with Crippen molar-refractivity contribution in [3.05, 3.63) is 23.0 Å². The van der Waals surface area contributed by atoms with Gasteiger partial charge < -0.3 is 0 Å². The summed E-state index contributed by atoms with van der Waals surface area (Å²) in [4.78, 5) is 7.45. The molecule has 0 spiro atoms. The monoisotopic (exact) mass is 256 g/mol. The Morgan fingerprint density at radius 2 is 1.86 bits per heavy atom. The second-order valence-electron chi connectivity index (χ2n) is 2.76. The smallest absolute Gasteiger partial charge is 0.233 e. The zero-order chi connectivity index (χ0) is 10.9. The number of rotatable bonds is 1. The van der Waals surface area contributed by atoms with Crippen LogP contribution in [-0.2, 0) is 10.2 Å². The number of hydrogen-bond acceptors (Lipinski definition) is 2. The molecule has 14 heavy (non-hydrogen) atoms. The zero-order valence-corrected chi connectivity index (χ0v) is 9.88. The highest BCUT2D eigenvalue weighted by Crippen LogP contribution is 2.36. The molecule has 2 nitrogen and oxygen atoms in total. The van der Waals surface area contributed by atoms with Crippen LogP contribution in [0, 0.1) is 12.9 Å². The van der Waals surface area contributed by atoms with Crippen LogP contribution in [-0.4, -0.2) is 9.97 Å². The summed E-state index contributed by atoms with van der Waals surface area (Å²) in [5.74, 6) is -0.763. The van der Waals surface area contributed by atoms with E-state index in [4.69, 9.17) is 34.8 Å². The Labute approximate surface area is 96.4 Å². The molecule has 78 valence electrons. The lowest BCUT2D eigenvalue weighted by Gasteiger charge is -2.11. The van der Waals surface area contributed by atoms with Gasteiger partial charge in [0.25, 0.3) is 0 Å². The van der Waals surface area contributed by atoms with Gasteiger partial charge in [0.05, 0.1) is 0 Å². The van der Waals surface area contributed by atoms with Gasteiger partial charge in [-0.1, -0.05) is 41.7 Å². The average Bonchev–Trinajstić information content (AvgIpc) is 2.07. The maximum Gasteiger partial charge on any atom is 0.250 e. The van der Waals surface area contributed by atoms with Gasteiger partial charge in [-0.2, -0.15) is 9.37 Å². The number of hydrogen-bond donors (Lipinski definition) is 0. The Hall–Kier alpha value is -0.120.